The van der Waals surface area contributed by atoms with E-state index in [9.17, 15) is 43.2 Å². The van der Waals surface area contributed by atoms with E-state index in [1.807, 2.05) is 0 Å². The lowest BCUT2D eigenvalue weighted by Gasteiger charge is -2.21. The van der Waals surface area contributed by atoms with Crippen LogP contribution in [0.3, 0.4) is 0 Å². The highest BCUT2D eigenvalue weighted by Crippen LogP contribution is 2.45. The zero-order chi connectivity index (χ0) is 76.0. The number of hydrogen-bond donors (Lipinski definition) is 3. The summed E-state index contributed by atoms with van der Waals surface area (Å²) in [5.74, 6) is -2.14. The molecule has 0 aliphatic rings. The Bertz CT molecular complexity index is 2110. The molecule has 17 nitrogen and oxygen atoms in total. The Morgan fingerprint density at radius 3 is 0.740 bits per heavy atom. The van der Waals surface area contributed by atoms with Gasteiger partial charge >= 0.3 is 39.5 Å². The van der Waals surface area contributed by atoms with Crippen LogP contribution in [-0.4, -0.2) is 96.7 Å². The van der Waals surface area contributed by atoms with E-state index in [-0.39, 0.29) is 25.7 Å². The summed E-state index contributed by atoms with van der Waals surface area (Å²) >= 11 is 0. The predicted octanol–water partition coefficient (Wildman–Crippen LogP) is 25.5. The summed E-state index contributed by atoms with van der Waals surface area (Å²) in [5.41, 5.74) is 0. The van der Waals surface area contributed by atoms with Crippen LogP contribution in [0.15, 0.2) is 36.5 Å². The Kier molecular flexibility index (Phi) is 76.4. The molecule has 0 aliphatic heterocycles. The first kappa shape index (κ1) is 101. The quantitative estimate of drug-likeness (QED) is 0.0169. The molecule has 0 radical (unpaired) electrons. The molecule has 0 aromatic rings. The van der Waals surface area contributed by atoms with E-state index in [1.165, 1.54) is 218 Å². The largest absolute Gasteiger partial charge is 0.472 e. The van der Waals surface area contributed by atoms with Crippen molar-refractivity contribution < 1.29 is 80.2 Å². The standard InChI is InChI=1S/C85H160O17P2/c1-5-9-13-17-21-25-29-33-37-39-43-46-50-54-58-62-66-70-83(88)96-76-81(102-85(90)72-68-64-60-56-52-48-44-40-38-34-30-26-22-18-14-10-6-2)78-100-104(93,94)98-74-79(86)73-97-103(91,92)99-77-80(101-84(89)71-67-63-59-55-51-47-42-36-32-28-24-20-16-12-8-4)75-95-82(87)69-65-61-57-53-49-45-41-35-31-27-23-19-15-11-7-3/h24,28,35-36,41-42,79-81,86H,5-23,25-27,29-34,37-40,43-78H2,1-4H3,(H,91,92)(H,93,94)/b28-24-,41-35-,42-36-/t79-,80+,81+/m0/s1. The highest BCUT2D eigenvalue weighted by Gasteiger charge is 2.30. The van der Waals surface area contributed by atoms with E-state index in [4.69, 9.17) is 37.0 Å². The van der Waals surface area contributed by atoms with Crippen LogP contribution in [-0.2, 0) is 65.4 Å². The van der Waals surface area contributed by atoms with Crippen LogP contribution < -0.4 is 0 Å². The average Bonchev–Trinajstić information content (AvgIpc) is 0.999. The van der Waals surface area contributed by atoms with Crippen molar-refractivity contribution >= 4 is 39.5 Å². The number of unbranched alkanes of at least 4 members (excludes halogenated alkanes) is 51. The first-order valence-electron chi connectivity index (χ1n) is 43.2. The summed E-state index contributed by atoms with van der Waals surface area (Å²) in [5, 5.41) is 10.7. The molecule has 612 valence electrons. The predicted molar refractivity (Wildman–Crippen MR) is 428 cm³/mol. The van der Waals surface area contributed by atoms with E-state index in [2.05, 4.69) is 64.2 Å². The maximum atomic E-state index is 13.1. The molecule has 0 fully saturated rings. The van der Waals surface area contributed by atoms with Crippen LogP contribution in [0.4, 0.5) is 0 Å². The summed E-state index contributed by atoms with van der Waals surface area (Å²) in [6.07, 6.45) is 76.7. The van der Waals surface area contributed by atoms with E-state index in [0.29, 0.717) is 25.7 Å². The van der Waals surface area contributed by atoms with Crippen LogP contribution >= 0.6 is 15.6 Å². The van der Waals surface area contributed by atoms with Crippen LogP contribution in [0.5, 0.6) is 0 Å². The van der Waals surface area contributed by atoms with Gasteiger partial charge in [0.1, 0.15) is 19.3 Å². The Labute approximate surface area is 636 Å². The van der Waals surface area contributed by atoms with Gasteiger partial charge in [-0.2, -0.15) is 0 Å². The van der Waals surface area contributed by atoms with Crippen molar-refractivity contribution in [2.24, 2.45) is 0 Å². The minimum Gasteiger partial charge on any atom is -0.462 e. The lowest BCUT2D eigenvalue weighted by molar-refractivity contribution is -0.161. The van der Waals surface area contributed by atoms with Gasteiger partial charge in [0.2, 0.25) is 0 Å². The molecule has 0 amide bonds. The van der Waals surface area contributed by atoms with Gasteiger partial charge in [-0.25, -0.2) is 9.13 Å². The van der Waals surface area contributed by atoms with Gasteiger partial charge in [-0.05, 0) is 83.5 Å². The third-order valence-electron chi connectivity index (χ3n) is 19.1. The molecule has 0 bridgehead atoms. The van der Waals surface area contributed by atoms with Crippen molar-refractivity contribution in [2.45, 2.75) is 444 Å². The zero-order valence-corrected chi connectivity index (χ0v) is 69.0. The van der Waals surface area contributed by atoms with Crippen molar-refractivity contribution in [1.82, 2.24) is 0 Å². The maximum Gasteiger partial charge on any atom is 0.472 e. The van der Waals surface area contributed by atoms with Crippen molar-refractivity contribution in [3.8, 4) is 0 Å². The van der Waals surface area contributed by atoms with E-state index < -0.39 is 97.5 Å². The second-order valence-corrected chi connectivity index (χ2v) is 32.4. The van der Waals surface area contributed by atoms with Crippen LogP contribution in [0, 0.1) is 0 Å². The molecule has 0 aliphatic carbocycles. The average molecular weight is 1520 g/mol. The summed E-state index contributed by atoms with van der Waals surface area (Å²) < 4.78 is 68.8. The molecule has 5 atom stereocenters. The molecule has 0 heterocycles. The van der Waals surface area contributed by atoms with E-state index >= 15 is 0 Å². The number of allylic oxidation sites excluding steroid dienone is 6. The Morgan fingerprint density at radius 2 is 0.471 bits per heavy atom. The van der Waals surface area contributed by atoms with Gasteiger partial charge in [-0.3, -0.25) is 37.3 Å². The highest BCUT2D eigenvalue weighted by atomic mass is 31.2. The molecule has 0 aromatic carbocycles. The summed E-state index contributed by atoms with van der Waals surface area (Å²) in [4.78, 5) is 73.2. The van der Waals surface area contributed by atoms with Crippen LogP contribution in [0.2, 0.25) is 0 Å². The number of carbonyl (C=O) groups excluding carboxylic acids is 4. The van der Waals surface area contributed by atoms with Crippen molar-refractivity contribution in [3.05, 3.63) is 36.5 Å². The van der Waals surface area contributed by atoms with Crippen LogP contribution in [0.1, 0.15) is 426 Å². The molecule has 0 saturated heterocycles. The molecule has 19 heteroatoms. The molecule has 0 saturated carbocycles. The Morgan fingerprint density at radius 1 is 0.269 bits per heavy atom. The van der Waals surface area contributed by atoms with E-state index in [0.717, 1.165) is 128 Å². The SMILES string of the molecule is CCCCC/C=C\C/C=C\CCCCCCCC(=O)O[C@H](COC(=O)CCCCCCC/C=C\CCCCCCCC)COP(=O)(O)OC[C@H](O)COP(=O)(O)OC[C@@H](COC(=O)CCCCCCCCCCCCCCCCCCC)OC(=O)CCCCCCCCCCCCCCCCCCC. The fourth-order valence-electron chi connectivity index (χ4n) is 12.5. The Hall–Kier alpha value is -2.72. The number of aliphatic hydroxyl groups excluding tert-OH is 1. The summed E-state index contributed by atoms with van der Waals surface area (Å²) in [6, 6.07) is 0. The number of esters is 4. The third kappa shape index (κ3) is 77.4. The molecule has 2 unspecified atom stereocenters. The summed E-state index contributed by atoms with van der Waals surface area (Å²) in [6.45, 7) is 4.96. The zero-order valence-electron chi connectivity index (χ0n) is 67.2. The van der Waals surface area contributed by atoms with Gasteiger partial charge in [0.05, 0.1) is 26.4 Å². The fourth-order valence-corrected chi connectivity index (χ4v) is 14.1. The highest BCUT2D eigenvalue weighted by molar-refractivity contribution is 7.47. The number of phosphoric acid groups is 2. The van der Waals surface area contributed by atoms with Gasteiger partial charge in [0.25, 0.3) is 0 Å². The fraction of sp³-hybridized carbons (Fsp3) is 0.882. The molecular weight excluding hydrogens is 1350 g/mol. The van der Waals surface area contributed by atoms with Crippen molar-refractivity contribution in [1.29, 1.82) is 0 Å². The second-order valence-electron chi connectivity index (χ2n) is 29.5. The molecule has 3 N–H and O–H groups in total. The number of ether oxygens (including phenoxy) is 4. The monoisotopic (exact) mass is 1520 g/mol. The first-order chi connectivity index (χ1) is 50.7. The lowest BCUT2D eigenvalue weighted by Crippen LogP contribution is -2.30. The Balaban J connectivity index is 5.32. The van der Waals surface area contributed by atoms with Gasteiger partial charge in [-0.15, -0.1) is 0 Å². The van der Waals surface area contributed by atoms with Gasteiger partial charge in [0, 0.05) is 25.7 Å². The summed E-state index contributed by atoms with van der Waals surface area (Å²) in [7, 11) is -9.94. The third-order valence-corrected chi connectivity index (χ3v) is 21.0. The maximum absolute atomic E-state index is 13.1. The minimum absolute atomic E-state index is 0.0836. The lowest BCUT2D eigenvalue weighted by atomic mass is 10.0. The van der Waals surface area contributed by atoms with Crippen molar-refractivity contribution in [2.75, 3.05) is 39.6 Å². The van der Waals surface area contributed by atoms with Gasteiger partial charge in [0.15, 0.2) is 12.2 Å². The normalized spacial score (nSPS) is 14.0. The molecule has 0 aromatic heterocycles. The number of aliphatic hydroxyl groups is 1. The number of carbonyl (C=O) groups is 4. The first-order valence-corrected chi connectivity index (χ1v) is 46.2. The smallest absolute Gasteiger partial charge is 0.462 e. The van der Waals surface area contributed by atoms with Gasteiger partial charge < -0.3 is 33.8 Å². The molecule has 104 heavy (non-hydrogen) atoms. The second kappa shape index (κ2) is 78.4. The van der Waals surface area contributed by atoms with Crippen molar-refractivity contribution in [3.63, 3.8) is 0 Å². The topological polar surface area (TPSA) is 237 Å². The molecule has 0 spiro atoms. The van der Waals surface area contributed by atoms with E-state index in [1.54, 1.807) is 0 Å². The number of phosphoric ester groups is 2. The van der Waals surface area contributed by atoms with Gasteiger partial charge in [-0.1, -0.05) is 353 Å². The van der Waals surface area contributed by atoms with Crippen LogP contribution in [0.25, 0.3) is 0 Å². The number of hydrogen-bond acceptors (Lipinski definition) is 15. The molecule has 0 rings (SSSR count). The number of rotatable bonds is 83. The minimum atomic E-state index is -4.97. The molecular formula is C85H160O17P2.